The molecule has 5 fully saturated rings. The summed E-state index contributed by atoms with van der Waals surface area (Å²) in [5.74, 6) is 3.17. The van der Waals surface area contributed by atoms with Gasteiger partial charge in [0, 0.05) is 37.9 Å². The fraction of sp³-hybridized carbons (Fsp3) is 0.708. The summed E-state index contributed by atoms with van der Waals surface area (Å²) in [5.41, 5.74) is 2.95. The standard InChI is InChI=1S/C24H34N4O2/c1-4-22-21(13-27(3)26-22)24(30)28-12-19(5-14(28)2)25-23(29)11-20-17-7-15-6-16(9-17)10-18(20)8-15/h11,13-19H,4-10,12H2,1-3H3,(H,25,29). The number of hydrogen-bond acceptors (Lipinski definition) is 3. The Balaban J connectivity index is 1.23. The highest BCUT2D eigenvalue weighted by molar-refractivity contribution is 5.95. The summed E-state index contributed by atoms with van der Waals surface area (Å²) in [6.45, 7) is 4.67. The minimum absolute atomic E-state index is 0.0203. The molecule has 6 rings (SSSR count). The molecule has 2 heterocycles. The predicted octanol–water partition coefficient (Wildman–Crippen LogP) is 3.08. The second-order valence-electron chi connectivity index (χ2n) is 10.2. The zero-order valence-electron chi connectivity index (χ0n) is 18.4. The number of rotatable bonds is 4. The third-order valence-electron chi connectivity index (χ3n) is 8.03. The monoisotopic (exact) mass is 410 g/mol. The summed E-state index contributed by atoms with van der Waals surface area (Å²) in [6, 6.07) is 0.133. The molecule has 1 saturated heterocycles. The maximum Gasteiger partial charge on any atom is 0.257 e. The van der Waals surface area contributed by atoms with Gasteiger partial charge in [-0.3, -0.25) is 14.3 Å². The van der Waals surface area contributed by atoms with Crippen molar-refractivity contribution in [1.82, 2.24) is 20.0 Å². The number of carbonyl (C=O) groups is 2. The first-order valence-corrected chi connectivity index (χ1v) is 11.8. The Labute approximate surface area is 179 Å². The second kappa shape index (κ2) is 7.54. The Morgan fingerprint density at radius 3 is 2.43 bits per heavy atom. The summed E-state index contributed by atoms with van der Waals surface area (Å²) in [5, 5.41) is 7.62. The number of nitrogens with one attached hydrogen (secondary N) is 1. The molecule has 30 heavy (non-hydrogen) atoms. The number of aromatic nitrogens is 2. The van der Waals surface area contributed by atoms with Crippen molar-refractivity contribution in [2.24, 2.45) is 30.7 Å². The minimum Gasteiger partial charge on any atom is -0.348 e. The highest BCUT2D eigenvalue weighted by Crippen LogP contribution is 2.56. The van der Waals surface area contributed by atoms with E-state index in [0.717, 1.165) is 30.4 Å². The third kappa shape index (κ3) is 3.48. The molecule has 2 amide bonds. The lowest BCUT2D eigenvalue weighted by Crippen LogP contribution is -2.42. The smallest absolute Gasteiger partial charge is 0.257 e. The first-order chi connectivity index (χ1) is 14.4. The number of nitrogens with zero attached hydrogens (tertiary/aromatic N) is 3. The SMILES string of the molecule is CCc1nn(C)cc1C(=O)N1CC(NC(=O)C=C2C3CC4CC(C3)CC2C4)CC1C. The first kappa shape index (κ1) is 19.8. The number of carbonyl (C=O) groups excluding carboxylic acids is 2. The Hall–Kier alpha value is -2.11. The van der Waals surface area contributed by atoms with Crippen molar-refractivity contribution < 1.29 is 9.59 Å². The number of aryl methyl sites for hydroxylation is 2. The highest BCUT2D eigenvalue weighted by Gasteiger charge is 2.45. The molecule has 0 aromatic carbocycles. The van der Waals surface area contributed by atoms with E-state index in [9.17, 15) is 9.59 Å². The molecule has 0 radical (unpaired) electrons. The molecule has 6 nitrogen and oxygen atoms in total. The molecule has 1 N–H and O–H groups in total. The lowest BCUT2D eigenvalue weighted by atomic mass is 9.54. The maximum atomic E-state index is 13.1. The van der Waals surface area contributed by atoms with Gasteiger partial charge in [-0.2, -0.15) is 5.10 Å². The fourth-order valence-electron chi connectivity index (χ4n) is 6.91. The molecule has 1 aliphatic heterocycles. The predicted molar refractivity (Wildman–Crippen MR) is 115 cm³/mol. The van der Waals surface area contributed by atoms with Crippen molar-refractivity contribution in [3.05, 3.63) is 29.1 Å². The summed E-state index contributed by atoms with van der Waals surface area (Å²) in [7, 11) is 1.85. The van der Waals surface area contributed by atoms with Crippen LogP contribution in [0.25, 0.3) is 0 Å². The van der Waals surface area contributed by atoms with Gasteiger partial charge in [0.1, 0.15) is 0 Å². The summed E-state index contributed by atoms with van der Waals surface area (Å²) in [6.07, 6.45) is 11.9. The van der Waals surface area contributed by atoms with Crippen LogP contribution >= 0.6 is 0 Å². The zero-order chi connectivity index (χ0) is 21.0. The van der Waals surface area contributed by atoms with E-state index in [4.69, 9.17) is 0 Å². The average molecular weight is 411 g/mol. The maximum absolute atomic E-state index is 13.1. The highest BCUT2D eigenvalue weighted by atomic mass is 16.2. The van der Waals surface area contributed by atoms with Crippen LogP contribution in [0, 0.1) is 23.7 Å². The Bertz CT molecular complexity index is 856. The summed E-state index contributed by atoms with van der Waals surface area (Å²) < 4.78 is 1.71. The van der Waals surface area contributed by atoms with Crippen LogP contribution in [0.2, 0.25) is 0 Å². The zero-order valence-corrected chi connectivity index (χ0v) is 18.4. The molecule has 2 atom stereocenters. The van der Waals surface area contributed by atoms with Gasteiger partial charge in [-0.15, -0.1) is 0 Å². The first-order valence-electron chi connectivity index (χ1n) is 11.8. The van der Waals surface area contributed by atoms with E-state index in [1.54, 1.807) is 4.68 Å². The van der Waals surface area contributed by atoms with Crippen LogP contribution in [0.4, 0.5) is 0 Å². The van der Waals surface area contributed by atoms with E-state index in [1.165, 1.54) is 37.7 Å². The van der Waals surface area contributed by atoms with Gasteiger partial charge in [-0.25, -0.2) is 0 Å². The Morgan fingerprint density at radius 1 is 1.13 bits per heavy atom. The van der Waals surface area contributed by atoms with Crippen molar-refractivity contribution >= 4 is 11.8 Å². The Morgan fingerprint density at radius 2 is 1.80 bits per heavy atom. The van der Waals surface area contributed by atoms with Gasteiger partial charge in [0.25, 0.3) is 5.91 Å². The molecule has 4 bridgehead atoms. The quantitative estimate of drug-likeness (QED) is 0.776. The molecule has 6 heteroatoms. The van der Waals surface area contributed by atoms with Gasteiger partial charge < -0.3 is 10.2 Å². The molecule has 162 valence electrons. The van der Waals surface area contributed by atoms with E-state index in [1.807, 2.05) is 31.1 Å². The molecular weight excluding hydrogens is 376 g/mol. The molecule has 4 saturated carbocycles. The van der Waals surface area contributed by atoms with Crippen LogP contribution in [0.1, 0.15) is 68.4 Å². The van der Waals surface area contributed by atoms with E-state index in [-0.39, 0.29) is 23.9 Å². The van der Waals surface area contributed by atoms with Crippen LogP contribution in [-0.2, 0) is 18.3 Å². The van der Waals surface area contributed by atoms with Gasteiger partial charge in [-0.1, -0.05) is 12.5 Å². The second-order valence-corrected chi connectivity index (χ2v) is 10.2. The summed E-state index contributed by atoms with van der Waals surface area (Å²) in [4.78, 5) is 27.9. The molecule has 4 aliphatic carbocycles. The lowest BCUT2D eigenvalue weighted by Gasteiger charge is -2.51. The van der Waals surface area contributed by atoms with Crippen molar-refractivity contribution in [3.63, 3.8) is 0 Å². The van der Waals surface area contributed by atoms with Crippen LogP contribution in [0.15, 0.2) is 17.8 Å². The van der Waals surface area contributed by atoms with Crippen molar-refractivity contribution in [1.29, 1.82) is 0 Å². The number of hydrogen-bond donors (Lipinski definition) is 1. The fourth-order valence-corrected chi connectivity index (χ4v) is 6.91. The molecule has 1 aromatic heterocycles. The van der Waals surface area contributed by atoms with Crippen molar-refractivity contribution in [2.75, 3.05) is 6.54 Å². The molecule has 2 unspecified atom stereocenters. The van der Waals surface area contributed by atoms with Gasteiger partial charge in [0.15, 0.2) is 0 Å². The number of amides is 2. The molecular formula is C24H34N4O2. The van der Waals surface area contributed by atoms with Crippen molar-refractivity contribution in [2.45, 2.75) is 70.9 Å². The number of likely N-dealkylation sites (tertiary alicyclic amines) is 1. The van der Waals surface area contributed by atoms with E-state index in [0.29, 0.717) is 23.9 Å². The van der Waals surface area contributed by atoms with Crippen LogP contribution < -0.4 is 5.32 Å². The molecule has 0 spiro atoms. The third-order valence-corrected chi connectivity index (χ3v) is 8.03. The van der Waals surface area contributed by atoms with Crippen molar-refractivity contribution in [3.8, 4) is 0 Å². The van der Waals surface area contributed by atoms with Gasteiger partial charge >= 0.3 is 0 Å². The average Bonchev–Trinajstić information content (AvgIpc) is 3.25. The van der Waals surface area contributed by atoms with Crippen LogP contribution in [-0.4, -0.2) is 45.1 Å². The topological polar surface area (TPSA) is 67.2 Å². The van der Waals surface area contributed by atoms with Gasteiger partial charge in [0.05, 0.1) is 11.3 Å². The summed E-state index contributed by atoms with van der Waals surface area (Å²) >= 11 is 0. The normalized spacial score (nSPS) is 34.5. The molecule has 1 aromatic rings. The van der Waals surface area contributed by atoms with Gasteiger partial charge in [0.2, 0.25) is 5.91 Å². The van der Waals surface area contributed by atoms with Crippen LogP contribution in [0.3, 0.4) is 0 Å². The van der Waals surface area contributed by atoms with E-state index in [2.05, 4.69) is 17.3 Å². The minimum atomic E-state index is 0.0203. The van der Waals surface area contributed by atoms with Gasteiger partial charge in [-0.05, 0) is 75.5 Å². The van der Waals surface area contributed by atoms with E-state index < -0.39 is 0 Å². The molecule has 5 aliphatic rings. The van der Waals surface area contributed by atoms with Crippen LogP contribution in [0.5, 0.6) is 0 Å². The largest absolute Gasteiger partial charge is 0.348 e. The van der Waals surface area contributed by atoms with E-state index >= 15 is 0 Å². The Kier molecular flexibility index (Phi) is 4.98. The number of allylic oxidation sites excluding steroid dienone is 1. The lowest BCUT2D eigenvalue weighted by molar-refractivity contribution is -0.117.